The molecule has 1 heterocycles. The molecule has 6 heteroatoms. The molecular formula is C27H25FN2O3. The number of fused-ring (bicyclic) bond motifs is 1. The molecule has 0 aromatic heterocycles. The molecule has 5 nitrogen and oxygen atoms in total. The van der Waals surface area contributed by atoms with E-state index in [4.69, 9.17) is 10.5 Å². The summed E-state index contributed by atoms with van der Waals surface area (Å²) in [5.41, 5.74) is 11.0. The summed E-state index contributed by atoms with van der Waals surface area (Å²) < 4.78 is 18.9. The van der Waals surface area contributed by atoms with Gasteiger partial charge in [0.25, 0.3) is 0 Å². The lowest BCUT2D eigenvalue weighted by molar-refractivity contribution is -0.122. The van der Waals surface area contributed by atoms with Gasteiger partial charge in [-0.2, -0.15) is 0 Å². The topological polar surface area (TPSA) is 72.4 Å². The third-order valence-electron chi connectivity index (χ3n) is 6.42. The number of carbonyl (C=O) groups excluding carboxylic acids is 2. The van der Waals surface area contributed by atoms with E-state index in [9.17, 15) is 14.0 Å². The van der Waals surface area contributed by atoms with Gasteiger partial charge in [0.15, 0.2) is 0 Å². The van der Waals surface area contributed by atoms with Crippen molar-refractivity contribution in [3.8, 4) is 11.1 Å². The first-order chi connectivity index (χ1) is 16.0. The van der Waals surface area contributed by atoms with Crippen molar-refractivity contribution in [3.63, 3.8) is 0 Å². The van der Waals surface area contributed by atoms with Crippen LogP contribution in [-0.2, 0) is 22.5 Å². The standard InChI is InChI=1S/C27H25FN2O3/c28-22-9-6-19(7-10-22)18-2-4-20(5-3-18)27(32)33-24-12-8-21-15-17(16-30-13-14-30)1-11-23(21)25(24)26(29)31/h1-7,9-11,15,24-25H,8,12-14,16H2,(H2,29,31). The third-order valence-corrected chi connectivity index (χ3v) is 6.42. The smallest absolute Gasteiger partial charge is 0.338 e. The summed E-state index contributed by atoms with van der Waals surface area (Å²) in [6, 6.07) is 19.3. The number of ether oxygens (including phenoxy) is 1. The van der Waals surface area contributed by atoms with Crippen molar-refractivity contribution in [2.75, 3.05) is 13.1 Å². The lowest BCUT2D eigenvalue weighted by Gasteiger charge is -2.31. The molecule has 5 rings (SSSR count). The van der Waals surface area contributed by atoms with Gasteiger partial charge in [0.1, 0.15) is 11.9 Å². The van der Waals surface area contributed by atoms with Crippen molar-refractivity contribution in [1.82, 2.24) is 4.90 Å². The molecule has 2 aliphatic rings. The van der Waals surface area contributed by atoms with E-state index in [1.54, 1.807) is 36.4 Å². The van der Waals surface area contributed by atoms with Crippen LogP contribution in [0.25, 0.3) is 11.1 Å². The average Bonchev–Trinajstić information content (AvgIpc) is 3.63. The minimum atomic E-state index is -0.661. The van der Waals surface area contributed by atoms with Gasteiger partial charge in [-0.15, -0.1) is 0 Å². The molecule has 2 N–H and O–H groups in total. The molecule has 1 amide bonds. The first kappa shape index (κ1) is 21.3. The first-order valence-electron chi connectivity index (χ1n) is 11.2. The molecular weight excluding hydrogens is 419 g/mol. The molecule has 2 atom stereocenters. The van der Waals surface area contributed by atoms with Gasteiger partial charge in [-0.05, 0) is 64.9 Å². The summed E-state index contributed by atoms with van der Waals surface area (Å²) in [5.74, 6) is -1.93. The molecule has 0 saturated carbocycles. The number of esters is 1. The number of nitrogens with two attached hydrogens (primary N) is 1. The maximum atomic E-state index is 13.2. The van der Waals surface area contributed by atoms with Crippen molar-refractivity contribution >= 4 is 11.9 Å². The van der Waals surface area contributed by atoms with Crippen molar-refractivity contribution in [3.05, 3.63) is 94.8 Å². The fraction of sp³-hybridized carbons (Fsp3) is 0.259. The Labute approximate surface area is 192 Å². The van der Waals surface area contributed by atoms with Gasteiger partial charge in [-0.1, -0.05) is 42.5 Å². The van der Waals surface area contributed by atoms with Crippen LogP contribution < -0.4 is 5.73 Å². The highest BCUT2D eigenvalue weighted by molar-refractivity contribution is 5.91. The fourth-order valence-corrected chi connectivity index (χ4v) is 4.54. The number of benzene rings is 3. The zero-order valence-corrected chi connectivity index (χ0v) is 18.2. The van der Waals surface area contributed by atoms with Gasteiger partial charge < -0.3 is 10.5 Å². The van der Waals surface area contributed by atoms with Gasteiger partial charge in [-0.25, -0.2) is 9.18 Å². The summed E-state index contributed by atoms with van der Waals surface area (Å²) in [4.78, 5) is 27.5. The van der Waals surface area contributed by atoms with Crippen LogP contribution in [0.1, 0.15) is 39.4 Å². The SMILES string of the molecule is NC(=O)C1c2ccc(CN3CC3)cc2CCC1OC(=O)c1ccc(-c2ccc(F)cc2)cc1. The highest BCUT2D eigenvalue weighted by atomic mass is 19.1. The van der Waals surface area contributed by atoms with Crippen LogP contribution in [0.4, 0.5) is 4.39 Å². The molecule has 33 heavy (non-hydrogen) atoms. The molecule has 168 valence electrons. The minimum Gasteiger partial charge on any atom is -0.458 e. The predicted molar refractivity (Wildman–Crippen MR) is 123 cm³/mol. The normalized spacial score (nSPS) is 19.5. The van der Waals surface area contributed by atoms with Gasteiger partial charge in [0, 0.05) is 19.6 Å². The van der Waals surface area contributed by atoms with Gasteiger partial charge in [-0.3, -0.25) is 9.69 Å². The Morgan fingerprint density at radius 1 is 0.970 bits per heavy atom. The molecule has 3 aromatic carbocycles. The molecule has 1 aliphatic carbocycles. The molecule has 2 unspecified atom stereocenters. The number of nitrogens with zero attached hydrogens (tertiary/aromatic N) is 1. The van der Waals surface area contributed by atoms with Gasteiger partial charge >= 0.3 is 5.97 Å². The molecule has 1 saturated heterocycles. The fourth-order valence-electron chi connectivity index (χ4n) is 4.54. The van der Waals surface area contributed by atoms with E-state index in [0.29, 0.717) is 12.0 Å². The second-order valence-corrected chi connectivity index (χ2v) is 8.76. The van der Waals surface area contributed by atoms with E-state index in [-0.39, 0.29) is 5.82 Å². The molecule has 0 bridgehead atoms. The number of carbonyl (C=O) groups is 2. The zero-order chi connectivity index (χ0) is 22.9. The Hall–Kier alpha value is -3.51. The molecule has 3 aromatic rings. The van der Waals surface area contributed by atoms with E-state index in [0.717, 1.165) is 48.3 Å². The number of aryl methyl sites for hydroxylation is 1. The average molecular weight is 445 g/mol. The lowest BCUT2D eigenvalue weighted by atomic mass is 9.79. The summed E-state index contributed by atoms with van der Waals surface area (Å²) in [6.45, 7) is 3.18. The molecule has 0 spiro atoms. The highest BCUT2D eigenvalue weighted by Gasteiger charge is 2.36. The number of rotatable bonds is 6. The van der Waals surface area contributed by atoms with Crippen LogP contribution in [-0.4, -0.2) is 36.0 Å². The minimum absolute atomic E-state index is 0.297. The monoisotopic (exact) mass is 444 g/mol. The van der Waals surface area contributed by atoms with E-state index >= 15 is 0 Å². The summed E-state index contributed by atoms with van der Waals surface area (Å²) in [5, 5.41) is 0. The largest absolute Gasteiger partial charge is 0.458 e. The van der Waals surface area contributed by atoms with Crippen molar-refractivity contribution in [2.24, 2.45) is 5.73 Å². The maximum Gasteiger partial charge on any atom is 0.338 e. The Balaban J connectivity index is 1.31. The van der Waals surface area contributed by atoms with E-state index in [2.05, 4.69) is 11.0 Å². The Morgan fingerprint density at radius 2 is 1.64 bits per heavy atom. The quantitative estimate of drug-likeness (QED) is 0.460. The van der Waals surface area contributed by atoms with Crippen LogP contribution in [0, 0.1) is 5.82 Å². The molecule has 1 aliphatic heterocycles. The van der Waals surface area contributed by atoms with E-state index in [1.165, 1.54) is 17.7 Å². The summed E-state index contributed by atoms with van der Waals surface area (Å²) in [6.07, 6.45) is 0.680. The van der Waals surface area contributed by atoms with Crippen LogP contribution in [0.15, 0.2) is 66.7 Å². The summed E-state index contributed by atoms with van der Waals surface area (Å²) in [7, 11) is 0. The Kier molecular flexibility index (Phi) is 5.68. The Bertz CT molecular complexity index is 1190. The van der Waals surface area contributed by atoms with Crippen LogP contribution in [0.3, 0.4) is 0 Å². The predicted octanol–water partition coefficient (Wildman–Crippen LogP) is 4.05. The number of primary amides is 1. The molecule has 1 fully saturated rings. The number of hydrogen-bond acceptors (Lipinski definition) is 4. The number of amides is 1. The first-order valence-corrected chi connectivity index (χ1v) is 11.2. The zero-order valence-electron chi connectivity index (χ0n) is 18.2. The maximum absolute atomic E-state index is 13.2. The van der Waals surface area contributed by atoms with Gasteiger partial charge in [0.05, 0.1) is 11.5 Å². The van der Waals surface area contributed by atoms with Crippen LogP contribution in [0.2, 0.25) is 0 Å². The van der Waals surface area contributed by atoms with Crippen molar-refractivity contribution in [2.45, 2.75) is 31.4 Å². The molecule has 0 radical (unpaired) electrons. The second-order valence-electron chi connectivity index (χ2n) is 8.76. The van der Waals surface area contributed by atoms with E-state index in [1.807, 2.05) is 12.1 Å². The van der Waals surface area contributed by atoms with E-state index < -0.39 is 23.9 Å². The Morgan fingerprint density at radius 3 is 2.27 bits per heavy atom. The number of halogens is 1. The van der Waals surface area contributed by atoms with Crippen molar-refractivity contribution in [1.29, 1.82) is 0 Å². The van der Waals surface area contributed by atoms with Gasteiger partial charge in [0.2, 0.25) is 5.91 Å². The second kappa shape index (κ2) is 8.79. The van der Waals surface area contributed by atoms with Crippen molar-refractivity contribution < 1.29 is 18.7 Å². The number of hydrogen-bond donors (Lipinski definition) is 1. The summed E-state index contributed by atoms with van der Waals surface area (Å²) >= 11 is 0. The lowest BCUT2D eigenvalue weighted by Crippen LogP contribution is -2.38. The van der Waals surface area contributed by atoms with Crippen LogP contribution >= 0.6 is 0 Å². The highest BCUT2D eigenvalue weighted by Crippen LogP contribution is 2.35. The van der Waals surface area contributed by atoms with Crippen LogP contribution in [0.5, 0.6) is 0 Å². The third kappa shape index (κ3) is 4.66.